The number of hydrogen-bond acceptors (Lipinski definition) is 6. The second-order valence-electron chi connectivity index (χ2n) is 7.50. The molecule has 158 valence electrons. The summed E-state index contributed by atoms with van der Waals surface area (Å²) in [5.74, 6) is 2.54. The molecule has 6 nitrogen and oxygen atoms in total. The molecule has 0 unspecified atom stereocenters. The van der Waals surface area contributed by atoms with Gasteiger partial charge in [0, 0.05) is 29.3 Å². The van der Waals surface area contributed by atoms with E-state index >= 15 is 0 Å². The van der Waals surface area contributed by atoms with Crippen molar-refractivity contribution >= 4 is 5.71 Å². The van der Waals surface area contributed by atoms with Crippen molar-refractivity contribution < 1.29 is 19.3 Å². The van der Waals surface area contributed by atoms with Crippen LogP contribution in [0.2, 0.25) is 0 Å². The number of fused-ring (bicyclic) bond motifs is 1. The molecule has 3 aromatic rings. The molecule has 0 bridgehead atoms. The monoisotopic (exact) mass is 416 g/mol. The third-order valence-corrected chi connectivity index (χ3v) is 5.57. The molecular formula is C25H24N2O4. The molecule has 6 heteroatoms. The Bertz CT molecular complexity index is 1130. The molecular weight excluding hydrogens is 392 g/mol. The highest BCUT2D eigenvalue weighted by Gasteiger charge is 2.29. The maximum atomic E-state index is 10.5. The summed E-state index contributed by atoms with van der Waals surface area (Å²) in [4.78, 5) is 5.04. The number of phenolic OH excluding ortho intramolecular Hbond substituents is 1. The van der Waals surface area contributed by atoms with Crippen LogP contribution in [0.3, 0.4) is 0 Å². The summed E-state index contributed by atoms with van der Waals surface area (Å²) in [6.07, 6.45) is 0.311. The fraction of sp³-hybridized carbons (Fsp3) is 0.240. The van der Waals surface area contributed by atoms with Gasteiger partial charge in [-0.3, -0.25) is 10.3 Å². The molecule has 0 amide bonds. The Hall–Kier alpha value is -3.51. The average molecular weight is 416 g/mol. The van der Waals surface area contributed by atoms with Gasteiger partial charge in [0.2, 0.25) is 6.79 Å². The number of benzene rings is 3. The Labute approximate surface area is 181 Å². The van der Waals surface area contributed by atoms with E-state index in [-0.39, 0.29) is 24.8 Å². The molecule has 0 saturated carbocycles. The molecule has 2 atom stereocenters. The smallest absolute Gasteiger partial charge is 0.231 e. The van der Waals surface area contributed by atoms with E-state index in [1.165, 1.54) is 0 Å². The first-order valence-corrected chi connectivity index (χ1v) is 10.5. The Morgan fingerprint density at radius 2 is 1.77 bits per heavy atom. The van der Waals surface area contributed by atoms with Gasteiger partial charge in [0.25, 0.3) is 0 Å². The number of hydrogen-bond donors (Lipinski definition) is 2. The number of phenols is 1. The zero-order valence-electron chi connectivity index (χ0n) is 17.2. The standard InChI is InChI=1S/C25H24N2O4/c1-2-29-22-10-6-4-8-18(22)25-26-19(16-11-12-23-24(13-16)31-15-30-23)14-20(27-25)17-7-3-5-9-21(17)28/h3-13,20,25,27-28H,2,14-15H2,1H3/t20-,25+/m1/s1. The number of rotatable bonds is 5. The normalized spacial score (nSPS) is 19.7. The van der Waals surface area contributed by atoms with Crippen LogP contribution in [0, 0.1) is 0 Å². The van der Waals surface area contributed by atoms with Gasteiger partial charge in [0.1, 0.15) is 17.7 Å². The minimum atomic E-state index is -0.318. The molecule has 5 rings (SSSR count). The second-order valence-corrected chi connectivity index (χ2v) is 7.50. The van der Waals surface area contributed by atoms with Crippen molar-refractivity contribution in [1.82, 2.24) is 5.32 Å². The lowest BCUT2D eigenvalue weighted by Gasteiger charge is -2.31. The van der Waals surface area contributed by atoms with Gasteiger partial charge in [0.15, 0.2) is 11.5 Å². The number of nitrogens with one attached hydrogen (secondary N) is 1. The van der Waals surface area contributed by atoms with Crippen molar-refractivity contribution in [2.24, 2.45) is 4.99 Å². The van der Waals surface area contributed by atoms with E-state index in [1.54, 1.807) is 6.07 Å². The first-order valence-electron chi connectivity index (χ1n) is 10.5. The van der Waals surface area contributed by atoms with Crippen LogP contribution in [-0.2, 0) is 0 Å². The van der Waals surface area contributed by atoms with E-state index in [0.29, 0.717) is 13.0 Å². The molecule has 2 aliphatic rings. The van der Waals surface area contributed by atoms with Crippen LogP contribution >= 0.6 is 0 Å². The molecule has 0 aliphatic carbocycles. The third kappa shape index (κ3) is 3.82. The van der Waals surface area contributed by atoms with Crippen LogP contribution in [0.25, 0.3) is 0 Å². The van der Waals surface area contributed by atoms with E-state index in [1.807, 2.05) is 67.6 Å². The number of ether oxygens (including phenoxy) is 3. The van der Waals surface area contributed by atoms with Gasteiger partial charge in [-0.25, -0.2) is 0 Å². The lowest BCUT2D eigenvalue weighted by Crippen LogP contribution is -2.33. The summed E-state index contributed by atoms with van der Waals surface area (Å²) in [7, 11) is 0. The third-order valence-electron chi connectivity index (χ3n) is 5.57. The maximum Gasteiger partial charge on any atom is 0.231 e. The van der Waals surface area contributed by atoms with Crippen molar-refractivity contribution in [2.75, 3.05) is 13.4 Å². The highest BCUT2D eigenvalue weighted by Crippen LogP contribution is 2.38. The van der Waals surface area contributed by atoms with Gasteiger partial charge in [-0.1, -0.05) is 36.4 Å². The maximum absolute atomic E-state index is 10.5. The summed E-state index contributed by atoms with van der Waals surface area (Å²) < 4.78 is 16.9. The lowest BCUT2D eigenvalue weighted by atomic mass is 9.93. The zero-order chi connectivity index (χ0) is 21.2. The minimum absolute atomic E-state index is 0.112. The summed E-state index contributed by atoms with van der Waals surface area (Å²) >= 11 is 0. The van der Waals surface area contributed by atoms with Crippen LogP contribution in [0.4, 0.5) is 0 Å². The summed E-state index contributed by atoms with van der Waals surface area (Å²) in [6.45, 7) is 2.78. The number of aliphatic imine (C=N–C) groups is 1. The van der Waals surface area contributed by atoms with E-state index in [0.717, 1.165) is 39.7 Å². The first kappa shape index (κ1) is 19.5. The number of aromatic hydroxyl groups is 1. The molecule has 2 aliphatic heterocycles. The van der Waals surface area contributed by atoms with Crippen molar-refractivity contribution in [1.29, 1.82) is 0 Å². The van der Waals surface area contributed by atoms with Crippen LogP contribution in [0.1, 0.15) is 42.2 Å². The SMILES string of the molecule is CCOc1ccccc1[C@H]1N=C(c2ccc3c(c2)OCO3)C[C@H](c2ccccc2O)N1. The Morgan fingerprint density at radius 1 is 1.00 bits per heavy atom. The molecule has 3 aromatic carbocycles. The van der Waals surface area contributed by atoms with E-state index < -0.39 is 0 Å². The molecule has 0 fully saturated rings. The first-order chi connectivity index (χ1) is 15.2. The predicted molar refractivity (Wildman–Crippen MR) is 118 cm³/mol. The summed E-state index contributed by atoms with van der Waals surface area (Å²) in [5, 5.41) is 14.1. The fourth-order valence-corrected chi connectivity index (χ4v) is 4.09. The fourth-order valence-electron chi connectivity index (χ4n) is 4.09. The molecule has 31 heavy (non-hydrogen) atoms. The van der Waals surface area contributed by atoms with Crippen LogP contribution < -0.4 is 19.5 Å². The quantitative estimate of drug-likeness (QED) is 0.628. The average Bonchev–Trinajstić information content (AvgIpc) is 3.28. The van der Waals surface area contributed by atoms with Crippen molar-refractivity contribution in [3.05, 3.63) is 83.4 Å². The van der Waals surface area contributed by atoms with Crippen LogP contribution in [-0.4, -0.2) is 24.2 Å². The second kappa shape index (κ2) is 8.32. The van der Waals surface area contributed by atoms with Gasteiger partial charge in [-0.2, -0.15) is 0 Å². The molecule has 0 saturated heterocycles. The van der Waals surface area contributed by atoms with Crippen LogP contribution in [0.5, 0.6) is 23.0 Å². The van der Waals surface area contributed by atoms with Gasteiger partial charge < -0.3 is 19.3 Å². The number of para-hydroxylation sites is 2. The minimum Gasteiger partial charge on any atom is -0.508 e. The lowest BCUT2D eigenvalue weighted by molar-refractivity contribution is 0.174. The Kier molecular flexibility index (Phi) is 5.22. The molecule has 0 radical (unpaired) electrons. The topological polar surface area (TPSA) is 72.3 Å². The van der Waals surface area contributed by atoms with E-state index in [9.17, 15) is 5.11 Å². The predicted octanol–water partition coefficient (Wildman–Crippen LogP) is 4.74. The molecule has 0 aromatic heterocycles. The molecule has 2 N–H and O–H groups in total. The van der Waals surface area contributed by atoms with Gasteiger partial charge in [-0.15, -0.1) is 0 Å². The highest BCUT2D eigenvalue weighted by molar-refractivity contribution is 6.02. The van der Waals surface area contributed by atoms with Crippen molar-refractivity contribution in [3.63, 3.8) is 0 Å². The van der Waals surface area contributed by atoms with Crippen molar-refractivity contribution in [2.45, 2.75) is 25.6 Å². The van der Waals surface area contributed by atoms with E-state index in [4.69, 9.17) is 19.2 Å². The molecule has 0 spiro atoms. The van der Waals surface area contributed by atoms with Gasteiger partial charge >= 0.3 is 0 Å². The van der Waals surface area contributed by atoms with E-state index in [2.05, 4.69) is 5.32 Å². The van der Waals surface area contributed by atoms with Crippen molar-refractivity contribution in [3.8, 4) is 23.0 Å². The number of nitrogens with zero attached hydrogens (tertiary/aromatic N) is 1. The largest absolute Gasteiger partial charge is 0.508 e. The zero-order valence-corrected chi connectivity index (χ0v) is 17.2. The Balaban J connectivity index is 1.58. The van der Waals surface area contributed by atoms with Gasteiger partial charge in [-0.05, 0) is 42.8 Å². The van der Waals surface area contributed by atoms with Gasteiger partial charge in [0.05, 0.1) is 6.61 Å². The van der Waals surface area contributed by atoms with Crippen LogP contribution in [0.15, 0.2) is 71.7 Å². The molecule has 2 heterocycles. The summed E-state index contributed by atoms with van der Waals surface area (Å²) in [6, 6.07) is 21.1. The summed E-state index contributed by atoms with van der Waals surface area (Å²) in [5.41, 5.74) is 3.71. The highest BCUT2D eigenvalue weighted by atomic mass is 16.7. The Morgan fingerprint density at radius 3 is 2.61 bits per heavy atom.